The maximum absolute atomic E-state index is 13.2. The van der Waals surface area contributed by atoms with Crippen molar-refractivity contribution in [2.24, 2.45) is 5.92 Å². The van der Waals surface area contributed by atoms with Gasteiger partial charge in [0.05, 0.1) is 4.90 Å². The number of rotatable bonds is 3. The number of halogens is 1. The first-order valence-corrected chi connectivity index (χ1v) is 11.4. The van der Waals surface area contributed by atoms with Crippen molar-refractivity contribution in [3.05, 3.63) is 59.1 Å². The molecule has 0 spiro atoms. The summed E-state index contributed by atoms with van der Waals surface area (Å²) in [5, 5.41) is 0.503. The Balaban J connectivity index is 1.46. The van der Waals surface area contributed by atoms with Gasteiger partial charge in [-0.2, -0.15) is 4.31 Å². The molecule has 1 saturated heterocycles. The highest BCUT2D eigenvalue weighted by Gasteiger charge is 2.38. The number of sulfonamides is 1. The quantitative estimate of drug-likeness (QED) is 0.763. The molecule has 1 atom stereocenters. The van der Waals surface area contributed by atoms with Crippen LogP contribution in [0.15, 0.2) is 53.4 Å². The largest absolute Gasteiger partial charge is 0.309 e. The zero-order valence-corrected chi connectivity index (χ0v) is 17.3. The normalized spacial score (nSPS) is 20.9. The number of carbonyl (C=O) groups excluding carboxylic acids is 1. The predicted octanol–water partition coefficient (Wildman–Crippen LogP) is 3.72. The van der Waals surface area contributed by atoms with Gasteiger partial charge >= 0.3 is 0 Å². The van der Waals surface area contributed by atoms with Gasteiger partial charge in [-0.3, -0.25) is 4.79 Å². The number of hydrogen-bond donors (Lipinski definition) is 0. The fourth-order valence-corrected chi connectivity index (χ4v) is 5.79. The second-order valence-corrected chi connectivity index (χ2v) is 9.90. The Morgan fingerprint density at radius 3 is 2.36 bits per heavy atom. The van der Waals surface area contributed by atoms with Crippen molar-refractivity contribution in [3.8, 4) is 0 Å². The van der Waals surface area contributed by atoms with Crippen LogP contribution in [0.25, 0.3) is 0 Å². The van der Waals surface area contributed by atoms with Crippen LogP contribution in [0.1, 0.15) is 25.3 Å². The molecule has 2 aromatic carbocycles. The van der Waals surface area contributed by atoms with Crippen molar-refractivity contribution in [2.75, 3.05) is 18.0 Å². The van der Waals surface area contributed by atoms with E-state index >= 15 is 0 Å². The standard InChI is InChI=1S/C21H23ClN2O3S/c1-15-14-17-4-2-3-5-20(17)24(15)21(25)16-10-12-23(13-11-16)28(26,27)19-8-6-18(22)7-9-19/h2-9,15-16H,10-14H2,1H3/t15-/m0/s1. The third-order valence-electron chi connectivity index (χ3n) is 5.70. The van der Waals surface area contributed by atoms with Gasteiger partial charge in [0.2, 0.25) is 15.9 Å². The van der Waals surface area contributed by atoms with E-state index in [4.69, 9.17) is 11.6 Å². The number of piperidine rings is 1. The van der Waals surface area contributed by atoms with Crippen molar-refractivity contribution in [3.63, 3.8) is 0 Å². The van der Waals surface area contributed by atoms with Gasteiger partial charge in [-0.25, -0.2) is 8.42 Å². The lowest BCUT2D eigenvalue weighted by Crippen LogP contribution is -2.46. The molecular formula is C21H23ClN2O3S. The minimum absolute atomic E-state index is 0.112. The van der Waals surface area contributed by atoms with E-state index in [1.165, 1.54) is 22.0 Å². The minimum atomic E-state index is -3.56. The minimum Gasteiger partial charge on any atom is -0.309 e. The maximum Gasteiger partial charge on any atom is 0.243 e. The van der Waals surface area contributed by atoms with Gasteiger partial charge in [0.1, 0.15) is 0 Å². The Labute approximate surface area is 171 Å². The number of hydrogen-bond acceptors (Lipinski definition) is 3. The van der Waals surface area contributed by atoms with Gasteiger partial charge in [-0.05, 0) is 62.1 Å². The number of benzene rings is 2. The fraction of sp³-hybridized carbons (Fsp3) is 0.381. The van der Waals surface area contributed by atoms with Crippen LogP contribution in [0.5, 0.6) is 0 Å². The molecule has 4 rings (SSSR count). The summed E-state index contributed by atoms with van der Waals surface area (Å²) >= 11 is 5.86. The molecule has 0 saturated carbocycles. The molecule has 2 aliphatic heterocycles. The molecule has 2 aromatic rings. The fourth-order valence-electron chi connectivity index (χ4n) is 4.20. The topological polar surface area (TPSA) is 57.7 Å². The number of amides is 1. The van der Waals surface area contributed by atoms with Gasteiger partial charge in [-0.15, -0.1) is 0 Å². The summed E-state index contributed by atoms with van der Waals surface area (Å²) in [6, 6.07) is 14.4. The zero-order chi connectivity index (χ0) is 19.9. The highest BCUT2D eigenvalue weighted by Crippen LogP contribution is 2.35. The molecule has 7 heteroatoms. The van der Waals surface area contributed by atoms with E-state index in [2.05, 4.69) is 13.0 Å². The molecule has 0 bridgehead atoms. The summed E-state index contributed by atoms with van der Waals surface area (Å²) in [5.74, 6) is -0.0359. The van der Waals surface area contributed by atoms with Gasteiger partial charge in [-0.1, -0.05) is 29.8 Å². The van der Waals surface area contributed by atoms with Crippen LogP contribution in [0.3, 0.4) is 0 Å². The average molecular weight is 419 g/mol. The molecule has 5 nitrogen and oxygen atoms in total. The van der Waals surface area contributed by atoms with Gasteiger partial charge in [0.15, 0.2) is 0 Å². The van der Waals surface area contributed by atoms with Crippen LogP contribution >= 0.6 is 11.6 Å². The molecular weight excluding hydrogens is 396 g/mol. The number of anilines is 1. The first kappa shape index (κ1) is 19.4. The zero-order valence-electron chi connectivity index (χ0n) is 15.7. The predicted molar refractivity (Wildman–Crippen MR) is 110 cm³/mol. The summed E-state index contributed by atoms with van der Waals surface area (Å²) in [5.41, 5.74) is 2.20. The van der Waals surface area contributed by atoms with Gasteiger partial charge < -0.3 is 4.90 Å². The van der Waals surface area contributed by atoms with Crippen molar-refractivity contribution in [2.45, 2.75) is 37.1 Å². The first-order chi connectivity index (χ1) is 13.4. The van der Waals surface area contributed by atoms with Crippen molar-refractivity contribution >= 4 is 33.2 Å². The molecule has 28 heavy (non-hydrogen) atoms. The molecule has 2 heterocycles. The number of nitrogens with zero attached hydrogens (tertiary/aromatic N) is 2. The SMILES string of the molecule is C[C@H]1Cc2ccccc2N1C(=O)C1CCN(S(=O)(=O)c2ccc(Cl)cc2)CC1. The highest BCUT2D eigenvalue weighted by molar-refractivity contribution is 7.89. The number of para-hydroxylation sites is 1. The van der Waals surface area contributed by atoms with Crippen molar-refractivity contribution in [1.82, 2.24) is 4.31 Å². The average Bonchev–Trinajstić information content (AvgIpc) is 3.03. The van der Waals surface area contributed by atoms with E-state index in [1.807, 2.05) is 23.1 Å². The summed E-state index contributed by atoms with van der Waals surface area (Å²) in [6.45, 7) is 2.77. The molecule has 0 aliphatic carbocycles. The first-order valence-electron chi connectivity index (χ1n) is 9.54. The van der Waals surface area contributed by atoms with Crippen LogP contribution < -0.4 is 4.90 Å². The third kappa shape index (κ3) is 3.45. The van der Waals surface area contributed by atoms with Crippen LogP contribution in [-0.4, -0.2) is 37.8 Å². The molecule has 2 aliphatic rings. The molecule has 0 aromatic heterocycles. The molecule has 148 valence electrons. The molecule has 1 amide bonds. The van der Waals surface area contributed by atoms with E-state index in [-0.39, 0.29) is 22.8 Å². The van der Waals surface area contributed by atoms with Crippen LogP contribution in [0.2, 0.25) is 5.02 Å². The summed E-state index contributed by atoms with van der Waals surface area (Å²) in [6.07, 6.45) is 1.94. The number of fused-ring (bicyclic) bond motifs is 1. The van der Waals surface area contributed by atoms with E-state index in [9.17, 15) is 13.2 Å². The summed E-state index contributed by atoms with van der Waals surface area (Å²) < 4.78 is 27.1. The van der Waals surface area contributed by atoms with Crippen LogP contribution in [0.4, 0.5) is 5.69 Å². The highest BCUT2D eigenvalue weighted by atomic mass is 35.5. The second kappa shape index (κ2) is 7.50. The monoisotopic (exact) mass is 418 g/mol. The smallest absolute Gasteiger partial charge is 0.243 e. The lowest BCUT2D eigenvalue weighted by atomic mass is 9.96. The van der Waals surface area contributed by atoms with E-state index in [0.29, 0.717) is 31.0 Å². The van der Waals surface area contributed by atoms with Crippen molar-refractivity contribution in [1.29, 1.82) is 0 Å². The molecule has 0 unspecified atom stereocenters. The van der Waals surface area contributed by atoms with E-state index in [1.54, 1.807) is 12.1 Å². The third-order valence-corrected chi connectivity index (χ3v) is 7.86. The summed E-state index contributed by atoms with van der Waals surface area (Å²) in [7, 11) is -3.56. The second-order valence-electron chi connectivity index (χ2n) is 7.52. The Kier molecular flexibility index (Phi) is 5.21. The van der Waals surface area contributed by atoms with E-state index < -0.39 is 10.0 Å². The maximum atomic E-state index is 13.2. The van der Waals surface area contributed by atoms with Crippen molar-refractivity contribution < 1.29 is 13.2 Å². The van der Waals surface area contributed by atoms with Crippen LogP contribution in [0, 0.1) is 5.92 Å². The molecule has 0 radical (unpaired) electrons. The van der Waals surface area contributed by atoms with Gasteiger partial charge in [0, 0.05) is 35.8 Å². The van der Waals surface area contributed by atoms with Gasteiger partial charge in [0.25, 0.3) is 0 Å². The summed E-state index contributed by atoms with van der Waals surface area (Å²) in [4.78, 5) is 15.3. The number of carbonyl (C=O) groups is 1. The Hall–Kier alpha value is -1.89. The van der Waals surface area contributed by atoms with Crippen LogP contribution in [-0.2, 0) is 21.2 Å². The Morgan fingerprint density at radius 1 is 1.04 bits per heavy atom. The van der Waals surface area contributed by atoms with E-state index in [0.717, 1.165) is 12.1 Å². The molecule has 1 fully saturated rings. The molecule has 0 N–H and O–H groups in total. The lowest BCUT2D eigenvalue weighted by Gasteiger charge is -2.34. The Bertz CT molecular complexity index is 983. The lowest BCUT2D eigenvalue weighted by molar-refractivity contribution is -0.123. The Morgan fingerprint density at radius 2 is 1.68 bits per heavy atom.